The Morgan fingerprint density at radius 2 is 1.87 bits per heavy atom. The maximum Gasteiger partial charge on any atom is 0.417 e. The molecule has 134 valence electrons. The number of aliphatic hydroxyl groups is 1. The van der Waals surface area contributed by atoms with Crippen LogP contribution in [0.5, 0.6) is 0 Å². The lowest BCUT2D eigenvalue weighted by molar-refractivity contribution is -0.271. The average molecular weight is 338 g/mol. The first-order valence-electron chi connectivity index (χ1n) is 8.02. The minimum atomic E-state index is -4.65. The van der Waals surface area contributed by atoms with E-state index in [2.05, 4.69) is 5.32 Å². The maximum absolute atomic E-state index is 12.7. The minimum absolute atomic E-state index is 0.0637. The van der Waals surface area contributed by atoms with Crippen molar-refractivity contribution in [3.05, 3.63) is 0 Å². The SMILES string of the molecule is COCCC1(CNC(=O)N2CCC(O)(C(F)(F)F)CC2)CCC1. The standard InChI is InChI=1S/C15H25F3N2O3/c1-23-10-7-13(3-2-4-13)11-19-12(21)20-8-5-14(22,6-9-20)15(16,17)18/h22H,2-11H2,1H3,(H,19,21). The quantitative estimate of drug-likeness (QED) is 0.808. The van der Waals surface area contributed by atoms with Crippen LogP contribution in [0.1, 0.15) is 38.5 Å². The van der Waals surface area contributed by atoms with Gasteiger partial charge in [-0.25, -0.2) is 4.79 Å². The second-order valence-corrected chi connectivity index (χ2v) is 6.77. The van der Waals surface area contributed by atoms with Crippen LogP contribution in [0.15, 0.2) is 0 Å². The zero-order valence-electron chi connectivity index (χ0n) is 13.4. The van der Waals surface area contributed by atoms with Crippen LogP contribution in [0, 0.1) is 5.41 Å². The first kappa shape index (κ1) is 18.3. The molecule has 0 spiro atoms. The number of hydrogen-bond donors (Lipinski definition) is 2. The van der Waals surface area contributed by atoms with Gasteiger partial charge in [0.15, 0.2) is 5.60 Å². The van der Waals surface area contributed by atoms with Gasteiger partial charge in [0, 0.05) is 46.2 Å². The fraction of sp³-hybridized carbons (Fsp3) is 0.933. The largest absolute Gasteiger partial charge is 0.417 e. The number of ether oxygens (including phenoxy) is 1. The molecule has 1 aliphatic carbocycles. The van der Waals surface area contributed by atoms with E-state index < -0.39 is 24.6 Å². The number of carbonyl (C=O) groups is 1. The Balaban J connectivity index is 1.79. The lowest BCUT2D eigenvalue weighted by Gasteiger charge is -2.43. The van der Waals surface area contributed by atoms with E-state index in [1.165, 1.54) is 4.90 Å². The third-order valence-corrected chi connectivity index (χ3v) is 5.27. The molecule has 2 aliphatic rings. The summed E-state index contributed by atoms with van der Waals surface area (Å²) in [7, 11) is 1.64. The molecule has 2 amide bonds. The number of alkyl halides is 3. The zero-order valence-corrected chi connectivity index (χ0v) is 13.4. The summed E-state index contributed by atoms with van der Waals surface area (Å²) >= 11 is 0. The topological polar surface area (TPSA) is 61.8 Å². The molecule has 1 saturated carbocycles. The third-order valence-electron chi connectivity index (χ3n) is 5.27. The fourth-order valence-electron chi connectivity index (χ4n) is 3.25. The summed E-state index contributed by atoms with van der Waals surface area (Å²) in [6, 6.07) is -0.349. The minimum Gasteiger partial charge on any atom is -0.385 e. The molecule has 0 aromatic rings. The van der Waals surface area contributed by atoms with Crippen LogP contribution in [0.2, 0.25) is 0 Å². The number of nitrogens with one attached hydrogen (secondary N) is 1. The van der Waals surface area contributed by atoms with E-state index in [0.717, 1.165) is 25.7 Å². The number of carbonyl (C=O) groups excluding carboxylic acids is 1. The van der Waals surface area contributed by atoms with Crippen LogP contribution in [-0.2, 0) is 4.74 Å². The van der Waals surface area contributed by atoms with Gasteiger partial charge in [0.05, 0.1) is 0 Å². The van der Waals surface area contributed by atoms with Crippen molar-refractivity contribution < 1.29 is 27.8 Å². The fourth-order valence-corrected chi connectivity index (χ4v) is 3.25. The molecule has 1 heterocycles. The number of amides is 2. The van der Waals surface area contributed by atoms with Crippen LogP contribution in [0.3, 0.4) is 0 Å². The number of urea groups is 1. The Bertz CT molecular complexity index is 417. The molecule has 0 radical (unpaired) electrons. The third kappa shape index (κ3) is 4.09. The van der Waals surface area contributed by atoms with E-state index in [1.54, 1.807) is 7.11 Å². The van der Waals surface area contributed by atoms with Crippen molar-refractivity contribution in [2.75, 3.05) is 33.4 Å². The van der Waals surface area contributed by atoms with Gasteiger partial charge >= 0.3 is 12.2 Å². The summed E-state index contributed by atoms with van der Waals surface area (Å²) in [6.07, 6.45) is -1.53. The van der Waals surface area contributed by atoms with Gasteiger partial charge in [-0.05, 0) is 24.7 Å². The first-order chi connectivity index (χ1) is 10.7. The van der Waals surface area contributed by atoms with Crippen LogP contribution in [-0.4, -0.2) is 61.2 Å². The number of hydrogen-bond acceptors (Lipinski definition) is 3. The number of halogens is 3. The maximum atomic E-state index is 12.7. The highest BCUT2D eigenvalue weighted by Crippen LogP contribution is 2.43. The van der Waals surface area contributed by atoms with E-state index in [-0.39, 0.29) is 24.5 Å². The van der Waals surface area contributed by atoms with Crippen LogP contribution >= 0.6 is 0 Å². The lowest BCUT2D eigenvalue weighted by Crippen LogP contribution is -2.56. The first-order valence-corrected chi connectivity index (χ1v) is 8.02. The highest BCUT2D eigenvalue weighted by Gasteiger charge is 2.55. The summed E-state index contributed by atoms with van der Waals surface area (Å²) < 4.78 is 43.3. The molecular weight excluding hydrogens is 313 g/mol. The smallest absolute Gasteiger partial charge is 0.385 e. The molecule has 5 nitrogen and oxygen atoms in total. The molecule has 8 heteroatoms. The van der Waals surface area contributed by atoms with Crippen molar-refractivity contribution in [2.45, 2.75) is 50.3 Å². The Kier molecular flexibility index (Phi) is 5.45. The van der Waals surface area contributed by atoms with Crippen molar-refractivity contribution in [2.24, 2.45) is 5.41 Å². The molecule has 2 fully saturated rings. The highest BCUT2D eigenvalue weighted by atomic mass is 19.4. The Hall–Kier alpha value is -1.02. The average Bonchev–Trinajstić information content (AvgIpc) is 2.45. The van der Waals surface area contributed by atoms with Crippen molar-refractivity contribution in [3.8, 4) is 0 Å². The molecule has 1 aliphatic heterocycles. The number of rotatable bonds is 5. The normalized spacial score (nSPS) is 23.3. The van der Waals surface area contributed by atoms with E-state index in [1.807, 2.05) is 0 Å². The Morgan fingerprint density at radius 1 is 1.26 bits per heavy atom. The number of likely N-dealkylation sites (tertiary alicyclic amines) is 1. The molecular formula is C15H25F3N2O3. The van der Waals surface area contributed by atoms with Crippen LogP contribution in [0.4, 0.5) is 18.0 Å². The van der Waals surface area contributed by atoms with Crippen LogP contribution in [0.25, 0.3) is 0 Å². The number of nitrogens with zero attached hydrogens (tertiary/aromatic N) is 1. The summed E-state index contributed by atoms with van der Waals surface area (Å²) in [5.74, 6) is 0. The van der Waals surface area contributed by atoms with Gasteiger partial charge in [0.25, 0.3) is 0 Å². The Labute approximate surface area is 134 Å². The molecule has 23 heavy (non-hydrogen) atoms. The zero-order chi connectivity index (χ0) is 17.1. The van der Waals surface area contributed by atoms with E-state index in [0.29, 0.717) is 13.2 Å². The Morgan fingerprint density at radius 3 is 2.30 bits per heavy atom. The van der Waals surface area contributed by atoms with Gasteiger partial charge in [0.1, 0.15) is 0 Å². The predicted molar refractivity (Wildman–Crippen MR) is 78.0 cm³/mol. The molecule has 0 aromatic carbocycles. The van der Waals surface area contributed by atoms with Gasteiger partial charge in [0.2, 0.25) is 0 Å². The number of piperidine rings is 1. The summed E-state index contributed by atoms with van der Waals surface area (Å²) in [6.45, 7) is 0.979. The van der Waals surface area contributed by atoms with Crippen LogP contribution < -0.4 is 5.32 Å². The summed E-state index contributed by atoms with van der Waals surface area (Å²) in [4.78, 5) is 13.5. The van der Waals surface area contributed by atoms with Gasteiger partial charge in [-0.2, -0.15) is 13.2 Å². The summed E-state index contributed by atoms with van der Waals surface area (Å²) in [5, 5.41) is 12.5. The number of methoxy groups -OCH3 is 1. The molecule has 1 saturated heterocycles. The second-order valence-electron chi connectivity index (χ2n) is 6.77. The van der Waals surface area contributed by atoms with Gasteiger partial charge in [-0.3, -0.25) is 0 Å². The van der Waals surface area contributed by atoms with Gasteiger partial charge in [-0.1, -0.05) is 6.42 Å². The monoisotopic (exact) mass is 338 g/mol. The summed E-state index contributed by atoms with van der Waals surface area (Å²) in [5.41, 5.74) is -2.61. The molecule has 0 bridgehead atoms. The lowest BCUT2D eigenvalue weighted by atomic mass is 9.67. The molecule has 0 unspecified atom stereocenters. The molecule has 0 atom stereocenters. The van der Waals surface area contributed by atoms with Crippen molar-refractivity contribution >= 4 is 6.03 Å². The van der Waals surface area contributed by atoms with Crippen molar-refractivity contribution in [1.82, 2.24) is 10.2 Å². The molecule has 0 aromatic heterocycles. The highest BCUT2D eigenvalue weighted by molar-refractivity contribution is 5.74. The second kappa shape index (κ2) is 6.84. The molecule has 2 rings (SSSR count). The van der Waals surface area contributed by atoms with Gasteiger partial charge in [-0.15, -0.1) is 0 Å². The van der Waals surface area contributed by atoms with E-state index >= 15 is 0 Å². The van der Waals surface area contributed by atoms with Crippen molar-refractivity contribution in [1.29, 1.82) is 0 Å². The van der Waals surface area contributed by atoms with E-state index in [4.69, 9.17) is 4.74 Å². The molecule has 2 N–H and O–H groups in total. The van der Waals surface area contributed by atoms with Crippen molar-refractivity contribution in [3.63, 3.8) is 0 Å². The predicted octanol–water partition coefficient (Wildman–Crippen LogP) is 2.29. The van der Waals surface area contributed by atoms with E-state index in [9.17, 15) is 23.1 Å². The van der Waals surface area contributed by atoms with Gasteiger partial charge < -0.3 is 20.1 Å².